The van der Waals surface area contributed by atoms with E-state index in [-0.39, 0.29) is 5.91 Å². The summed E-state index contributed by atoms with van der Waals surface area (Å²) in [7, 11) is 0. The molecule has 3 rings (SSSR count). The average Bonchev–Trinajstić information content (AvgIpc) is 2.73. The third-order valence-electron chi connectivity index (χ3n) is 5.33. The molecule has 31 heavy (non-hydrogen) atoms. The van der Waals surface area contributed by atoms with Crippen molar-refractivity contribution in [3.63, 3.8) is 0 Å². The van der Waals surface area contributed by atoms with Crippen molar-refractivity contribution in [2.24, 2.45) is 0 Å². The standard InChI is InChI=1S/C28H30N2O/c1-6-27(30-28(31)26-16-19(2)7-8-22(26)5)25-11-9-23(10-12-25)17-29-18-24-14-20(3)13-21(4)15-24/h1,7-16,27,29H,17-18H2,2-5H3,(H,30,31). The third kappa shape index (κ3) is 6.07. The zero-order valence-corrected chi connectivity index (χ0v) is 18.8. The van der Waals surface area contributed by atoms with Crippen LogP contribution in [0.25, 0.3) is 0 Å². The van der Waals surface area contributed by atoms with Crippen molar-refractivity contribution in [3.8, 4) is 12.3 Å². The Kier molecular flexibility index (Phi) is 7.28. The lowest BCUT2D eigenvalue weighted by Crippen LogP contribution is -2.28. The summed E-state index contributed by atoms with van der Waals surface area (Å²) < 4.78 is 0. The van der Waals surface area contributed by atoms with Gasteiger partial charge in [0.15, 0.2) is 0 Å². The van der Waals surface area contributed by atoms with Gasteiger partial charge in [0, 0.05) is 18.7 Å². The van der Waals surface area contributed by atoms with Gasteiger partial charge >= 0.3 is 0 Å². The van der Waals surface area contributed by atoms with Gasteiger partial charge in [-0.05, 0) is 56.0 Å². The highest BCUT2D eigenvalue weighted by Gasteiger charge is 2.15. The molecule has 0 radical (unpaired) electrons. The van der Waals surface area contributed by atoms with Crippen molar-refractivity contribution in [2.75, 3.05) is 0 Å². The Morgan fingerprint density at radius 1 is 0.839 bits per heavy atom. The molecule has 0 spiro atoms. The van der Waals surface area contributed by atoms with E-state index in [2.05, 4.69) is 60.7 Å². The van der Waals surface area contributed by atoms with Gasteiger partial charge < -0.3 is 10.6 Å². The van der Waals surface area contributed by atoms with E-state index in [1.54, 1.807) is 0 Å². The van der Waals surface area contributed by atoms with Crippen LogP contribution in [0.4, 0.5) is 0 Å². The molecule has 0 bridgehead atoms. The monoisotopic (exact) mass is 410 g/mol. The Balaban J connectivity index is 1.60. The van der Waals surface area contributed by atoms with Crippen molar-refractivity contribution >= 4 is 5.91 Å². The van der Waals surface area contributed by atoms with E-state index in [9.17, 15) is 4.79 Å². The van der Waals surface area contributed by atoms with Crippen LogP contribution in [-0.2, 0) is 13.1 Å². The Hall–Kier alpha value is -3.35. The minimum atomic E-state index is -0.468. The summed E-state index contributed by atoms with van der Waals surface area (Å²) in [5, 5.41) is 6.46. The Bertz CT molecular complexity index is 1090. The van der Waals surface area contributed by atoms with Gasteiger partial charge in [-0.3, -0.25) is 4.79 Å². The Morgan fingerprint density at radius 2 is 1.48 bits per heavy atom. The molecule has 0 saturated heterocycles. The van der Waals surface area contributed by atoms with Crippen LogP contribution < -0.4 is 10.6 Å². The van der Waals surface area contributed by atoms with Crippen LogP contribution in [0.2, 0.25) is 0 Å². The summed E-state index contributed by atoms with van der Waals surface area (Å²) in [6, 6.07) is 20.1. The molecule has 0 aromatic heterocycles. The van der Waals surface area contributed by atoms with Crippen LogP contribution in [0, 0.1) is 40.0 Å². The fraction of sp³-hybridized carbons (Fsp3) is 0.250. The summed E-state index contributed by atoms with van der Waals surface area (Å²) in [5.74, 6) is 2.55. The van der Waals surface area contributed by atoms with Gasteiger partial charge in [0.25, 0.3) is 5.91 Å². The number of carbonyl (C=O) groups excluding carboxylic acids is 1. The van der Waals surface area contributed by atoms with Crippen LogP contribution >= 0.6 is 0 Å². The number of terminal acetylenes is 1. The van der Waals surface area contributed by atoms with Crippen molar-refractivity contribution in [1.29, 1.82) is 0 Å². The molecular weight excluding hydrogens is 380 g/mol. The number of hydrogen-bond acceptors (Lipinski definition) is 2. The summed E-state index contributed by atoms with van der Waals surface area (Å²) in [5.41, 5.74) is 8.57. The van der Waals surface area contributed by atoms with Crippen LogP contribution in [0.5, 0.6) is 0 Å². The van der Waals surface area contributed by atoms with Crippen LogP contribution in [0.1, 0.15) is 55.3 Å². The molecule has 1 unspecified atom stereocenters. The first-order valence-corrected chi connectivity index (χ1v) is 10.6. The maximum absolute atomic E-state index is 12.7. The number of hydrogen-bond donors (Lipinski definition) is 2. The number of rotatable bonds is 7. The van der Waals surface area contributed by atoms with Crippen molar-refractivity contribution in [1.82, 2.24) is 10.6 Å². The van der Waals surface area contributed by atoms with E-state index in [0.717, 1.165) is 29.8 Å². The molecule has 0 heterocycles. The maximum Gasteiger partial charge on any atom is 0.252 e. The van der Waals surface area contributed by atoms with Crippen LogP contribution in [0.3, 0.4) is 0 Å². The van der Waals surface area contributed by atoms with Crippen LogP contribution in [0.15, 0.2) is 60.7 Å². The number of nitrogens with one attached hydrogen (secondary N) is 2. The largest absolute Gasteiger partial charge is 0.334 e. The molecule has 3 aromatic carbocycles. The first kappa shape index (κ1) is 22.3. The summed E-state index contributed by atoms with van der Waals surface area (Å²) in [6.45, 7) is 9.74. The van der Waals surface area contributed by atoms with Crippen LogP contribution in [-0.4, -0.2) is 5.91 Å². The smallest absolute Gasteiger partial charge is 0.252 e. The van der Waals surface area contributed by atoms with Crippen molar-refractivity contribution in [3.05, 3.63) is 105 Å². The van der Waals surface area contributed by atoms with Gasteiger partial charge in [0.2, 0.25) is 0 Å². The highest BCUT2D eigenvalue weighted by molar-refractivity contribution is 5.96. The molecule has 3 heteroatoms. The predicted molar refractivity (Wildman–Crippen MR) is 128 cm³/mol. The van der Waals surface area contributed by atoms with Gasteiger partial charge in [0.05, 0.1) is 0 Å². The molecule has 0 saturated carbocycles. The lowest BCUT2D eigenvalue weighted by Gasteiger charge is -2.16. The fourth-order valence-corrected chi connectivity index (χ4v) is 3.76. The molecule has 0 aliphatic heterocycles. The molecule has 3 aromatic rings. The third-order valence-corrected chi connectivity index (χ3v) is 5.33. The number of aryl methyl sites for hydroxylation is 4. The Labute approximate surface area is 185 Å². The molecule has 1 atom stereocenters. The SMILES string of the molecule is C#CC(NC(=O)c1cc(C)ccc1C)c1ccc(CNCc2cc(C)cc(C)c2)cc1. The lowest BCUT2D eigenvalue weighted by molar-refractivity contribution is 0.0945. The minimum Gasteiger partial charge on any atom is -0.334 e. The second-order valence-electron chi connectivity index (χ2n) is 8.23. The summed E-state index contributed by atoms with van der Waals surface area (Å²) >= 11 is 0. The van der Waals surface area contributed by atoms with E-state index < -0.39 is 6.04 Å². The van der Waals surface area contributed by atoms with Crippen molar-refractivity contribution in [2.45, 2.75) is 46.8 Å². The molecule has 0 aliphatic carbocycles. The van der Waals surface area contributed by atoms with Gasteiger partial charge in [-0.1, -0.05) is 77.2 Å². The molecule has 1 amide bonds. The first-order valence-electron chi connectivity index (χ1n) is 10.6. The van der Waals surface area contributed by atoms with Crippen molar-refractivity contribution < 1.29 is 4.79 Å². The summed E-state index contributed by atoms with van der Waals surface area (Å²) in [4.78, 5) is 12.7. The molecule has 2 N–H and O–H groups in total. The van der Waals surface area contributed by atoms with E-state index in [0.29, 0.717) is 5.56 Å². The predicted octanol–water partition coefficient (Wildman–Crippen LogP) is 5.31. The zero-order chi connectivity index (χ0) is 22.4. The average molecular weight is 411 g/mol. The summed E-state index contributed by atoms with van der Waals surface area (Å²) in [6.07, 6.45) is 5.73. The fourth-order valence-electron chi connectivity index (χ4n) is 3.76. The first-order chi connectivity index (χ1) is 14.9. The highest BCUT2D eigenvalue weighted by Crippen LogP contribution is 2.17. The van der Waals surface area contributed by atoms with E-state index in [1.807, 2.05) is 44.2 Å². The number of benzene rings is 3. The van der Waals surface area contributed by atoms with E-state index in [1.165, 1.54) is 22.3 Å². The number of amides is 1. The van der Waals surface area contributed by atoms with Gasteiger partial charge in [-0.25, -0.2) is 0 Å². The van der Waals surface area contributed by atoms with Gasteiger partial charge in [-0.2, -0.15) is 0 Å². The molecule has 3 nitrogen and oxygen atoms in total. The quantitative estimate of drug-likeness (QED) is 0.518. The van der Waals surface area contributed by atoms with E-state index in [4.69, 9.17) is 6.42 Å². The number of carbonyl (C=O) groups is 1. The minimum absolute atomic E-state index is 0.150. The molecule has 0 fully saturated rings. The van der Waals surface area contributed by atoms with E-state index >= 15 is 0 Å². The molecule has 0 aliphatic rings. The second kappa shape index (κ2) is 10.1. The molecule has 158 valence electrons. The molecular formula is C28H30N2O. The Morgan fingerprint density at radius 3 is 2.13 bits per heavy atom. The zero-order valence-electron chi connectivity index (χ0n) is 18.8. The van der Waals surface area contributed by atoms with Gasteiger partial charge in [0.1, 0.15) is 6.04 Å². The maximum atomic E-state index is 12.7. The second-order valence-corrected chi connectivity index (χ2v) is 8.23. The van der Waals surface area contributed by atoms with Gasteiger partial charge in [-0.15, -0.1) is 6.42 Å². The normalized spacial score (nSPS) is 11.6. The lowest BCUT2D eigenvalue weighted by atomic mass is 10.0. The highest BCUT2D eigenvalue weighted by atomic mass is 16.1. The topological polar surface area (TPSA) is 41.1 Å².